The zero-order chi connectivity index (χ0) is 54.9. The topological polar surface area (TPSA) is 202 Å². The van der Waals surface area contributed by atoms with Crippen molar-refractivity contribution in [3.63, 3.8) is 0 Å². The Morgan fingerprint density at radius 2 is 1.90 bits per heavy atom. The number of nitriles is 1. The highest BCUT2D eigenvalue weighted by atomic mass is 35.5. The van der Waals surface area contributed by atoms with Gasteiger partial charge in [-0.05, 0) is 93.6 Å². The molecular weight excluding hydrogens is 1050 g/mol. The van der Waals surface area contributed by atoms with Gasteiger partial charge in [0.05, 0.1) is 49.8 Å². The van der Waals surface area contributed by atoms with Crippen LogP contribution in [0.15, 0.2) is 59.4 Å². The Hall–Kier alpha value is -7.31. The molecule has 5 unspecified atom stereocenters. The van der Waals surface area contributed by atoms with Gasteiger partial charge in [0.1, 0.15) is 59.5 Å². The average Bonchev–Trinajstić information content (AvgIpc) is 4.35. The Bertz CT molecular complexity index is 3890. The van der Waals surface area contributed by atoms with Gasteiger partial charge in [-0.2, -0.15) is 15.2 Å². The van der Waals surface area contributed by atoms with E-state index in [0.717, 1.165) is 40.8 Å². The van der Waals surface area contributed by atoms with Crippen LogP contribution in [0.3, 0.4) is 0 Å². The van der Waals surface area contributed by atoms with E-state index in [2.05, 4.69) is 16.5 Å². The zero-order valence-electron chi connectivity index (χ0n) is 43.1. The quantitative estimate of drug-likeness (QED) is 0.0918. The number of aliphatic hydroxyl groups is 1. The summed E-state index contributed by atoms with van der Waals surface area (Å²) in [5.41, 5.74) is 7.44. The molecule has 12 rings (SSSR count). The molecule has 0 spiro atoms. The van der Waals surface area contributed by atoms with Gasteiger partial charge < -0.3 is 39.4 Å². The minimum atomic E-state index is -1.95. The molecule has 5 aliphatic heterocycles. The van der Waals surface area contributed by atoms with Crippen molar-refractivity contribution in [3.05, 3.63) is 109 Å². The monoisotopic (exact) mass is 1100 g/mol. The molecule has 5 atom stereocenters. The number of carbonyl (C=O) groups excluding carboxylic acids is 2. The Labute approximate surface area is 454 Å². The van der Waals surface area contributed by atoms with Gasteiger partial charge >= 0.3 is 12.0 Å². The number of esters is 1. The number of nitrogens with two attached hydrogens (primary N) is 1. The highest BCUT2D eigenvalue weighted by molar-refractivity contribution is 7.23. The van der Waals surface area contributed by atoms with Gasteiger partial charge in [-0.15, -0.1) is 11.3 Å². The second kappa shape index (κ2) is 19.0. The molecule has 3 aromatic carbocycles. The second-order valence-corrected chi connectivity index (χ2v) is 22.5. The molecule has 78 heavy (non-hydrogen) atoms. The van der Waals surface area contributed by atoms with E-state index in [1.807, 2.05) is 36.9 Å². The van der Waals surface area contributed by atoms with Crippen LogP contribution in [-0.4, -0.2) is 109 Å². The molecule has 7 aromatic rings. The molecule has 402 valence electrons. The molecule has 16 nitrogen and oxygen atoms in total. The first-order valence-corrected chi connectivity index (χ1v) is 27.2. The van der Waals surface area contributed by atoms with E-state index in [0.29, 0.717) is 47.9 Å². The summed E-state index contributed by atoms with van der Waals surface area (Å²) in [5.74, 6) is -1.83. The lowest BCUT2D eigenvalue weighted by Gasteiger charge is -2.41. The number of aryl methyl sites for hydroxylation is 1. The molecule has 0 bridgehead atoms. The number of piperazine rings is 1. The summed E-state index contributed by atoms with van der Waals surface area (Å²) >= 11 is 7.89. The lowest BCUT2D eigenvalue weighted by molar-refractivity contribution is -0.172. The molecule has 3 N–H and O–H groups in total. The molecule has 5 aliphatic rings. The van der Waals surface area contributed by atoms with Crippen molar-refractivity contribution in [1.82, 2.24) is 29.3 Å². The van der Waals surface area contributed by atoms with Crippen molar-refractivity contribution in [2.75, 3.05) is 50.0 Å². The number of pyridine rings is 2. The number of amides is 1. The number of anilines is 2. The molecule has 3 saturated heterocycles. The summed E-state index contributed by atoms with van der Waals surface area (Å²) in [5, 5.41) is 22.6. The van der Waals surface area contributed by atoms with E-state index < -0.39 is 47.1 Å². The fourth-order valence-electron chi connectivity index (χ4n) is 12.6. The van der Waals surface area contributed by atoms with E-state index in [-0.39, 0.29) is 134 Å². The van der Waals surface area contributed by atoms with Crippen molar-refractivity contribution in [3.8, 4) is 40.3 Å². The largest absolute Gasteiger partial charge is 0.486 e. The third-order valence-corrected chi connectivity index (χ3v) is 18.0. The van der Waals surface area contributed by atoms with Crippen LogP contribution in [0.25, 0.3) is 54.4 Å². The lowest BCUT2D eigenvalue weighted by atomic mass is 9.86. The lowest BCUT2D eigenvalue weighted by Crippen LogP contribution is -2.55. The Balaban J connectivity index is 0.810. The number of cyclic esters (lactones) is 1. The maximum absolute atomic E-state index is 17.5. The van der Waals surface area contributed by atoms with E-state index >= 15 is 8.78 Å². The van der Waals surface area contributed by atoms with E-state index in [1.165, 1.54) is 18.2 Å². The summed E-state index contributed by atoms with van der Waals surface area (Å²) < 4.78 is 67.3. The predicted molar refractivity (Wildman–Crippen MR) is 289 cm³/mol. The van der Waals surface area contributed by atoms with Crippen molar-refractivity contribution < 1.29 is 42.1 Å². The maximum Gasteiger partial charge on any atom is 0.343 e. The van der Waals surface area contributed by atoms with Gasteiger partial charge in [-0.3, -0.25) is 14.5 Å². The van der Waals surface area contributed by atoms with E-state index in [4.69, 9.17) is 41.5 Å². The van der Waals surface area contributed by atoms with Crippen LogP contribution in [0.1, 0.15) is 81.2 Å². The fourth-order valence-corrected chi connectivity index (χ4v) is 13.8. The zero-order valence-corrected chi connectivity index (χ0v) is 44.7. The number of ether oxygens (including phenoxy) is 3. The van der Waals surface area contributed by atoms with Crippen molar-refractivity contribution >= 4 is 77.5 Å². The predicted octanol–water partition coefficient (Wildman–Crippen LogP) is 8.87. The number of nitrogens with zero attached hydrogens (tertiary/aromatic N) is 8. The number of halogens is 4. The minimum Gasteiger partial charge on any atom is -0.486 e. The first-order chi connectivity index (χ1) is 37.4. The molecule has 3 fully saturated rings. The number of rotatable bonds is 11. The number of aromatic nitrogens is 4. The highest BCUT2D eigenvalue weighted by Gasteiger charge is 2.50. The summed E-state index contributed by atoms with van der Waals surface area (Å²) in [6.07, 6.45) is 0.722. The highest BCUT2D eigenvalue weighted by Crippen LogP contribution is 2.47. The SMILES string of the molecule is C=C(C(=O)N1CCN(c2nc(OCC34CCCN3CC(F)C4)nc3c(F)c(-c4ccc(F)c5sc(N)c(C#N)c45)c(Cl)cc23)C(C)C1)C(C)Oc1ccc2nc3c(c(CC)c2c1)Cn1c-3cc2c(c1=O)COC(=O)C2(O)CC. The van der Waals surface area contributed by atoms with Gasteiger partial charge in [0.2, 0.25) is 0 Å². The van der Waals surface area contributed by atoms with Crippen LogP contribution in [-0.2, 0) is 39.5 Å². The summed E-state index contributed by atoms with van der Waals surface area (Å²) in [4.78, 5) is 61.2. The Morgan fingerprint density at radius 3 is 2.65 bits per heavy atom. The van der Waals surface area contributed by atoms with Gasteiger partial charge in [-0.1, -0.05) is 38.1 Å². The Kier molecular flexibility index (Phi) is 12.5. The number of fused-ring (bicyclic) bond motifs is 8. The number of nitrogen functional groups attached to an aromatic ring is 1. The molecule has 4 aromatic heterocycles. The van der Waals surface area contributed by atoms with Crippen LogP contribution < -0.4 is 25.7 Å². The summed E-state index contributed by atoms with van der Waals surface area (Å²) in [7, 11) is 0. The molecular formula is C57H53ClF3N9O7S. The third kappa shape index (κ3) is 7.89. The number of hydrogen-bond donors (Lipinski definition) is 2. The standard InChI is InChI=1S/C57H53ClF3N9O7S/c1-6-32-34-17-31(9-12-42(34)64-47-37(32)24-70-43(47)19-39-38(53(70)72)25-75-54(73)57(39,74)7-2)77-29(5)28(4)52(71)67-15-16-69(27(3)22-67)51-35-18-40(58)45(33-10-11-41(60)49-44(33)36(21-62)50(63)78-49)46(61)48(35)65-55(66-51)76-26-56-13-8-14-68(56)23-30(59)20-56/h9-12,17-19,27,29-30,74H,4,6-8,13-16,20,22-26,63H2,1-3,5H3. The Morgan fingerprint density at radius 1 is 1.09 bits per heavy atom. The third-order valence-electron chi connectivity index (χ3n) is 16.7. The first kappa shape index (κ1) is 51.4. The molecule has 1 amide bonds. The summed E-state index contributed by atoms with van der Waals surface area (Å²) in [6.45, 7) is 13.3. The van der Waals surface area contributed by atoms with Crippen LogP contribution in [0.2, 0.25) is 5.02 Å². The van der Waals surface area contributed by atoms with E-state index in [1.54, 1.807) is 35.4 Å². The van der Waals surface area contributed by atoms with Crippen molar-refractivity contribution in [2.24, 2.45) is 0 Å². The van der Waals surface area contributed by atoms with Gasteiger partial charge in [-0.25, -0.2) is 22.9 Å². The van der Waals surface area contributed by atoms with Crippen LogP contribution in [0.5, 0.6) is 11.8 Å². The maximum atomic E-state index is 17.5. The molecule has 0 aliphatic carbocycles. The smallest absolute Gasteiger partial charge is 0.343 e. The first-order valence-electron chi connectivity index (χ1n) is 26.0. The minimum absolute atomic E-state index is 0.00195. The summed E-state index contributed by atoms with van der Waals surface area (Å²) in [6, 6.07) is 12.7. The molecule has 0 saturated carbocycles. The van der Waals surface area contributed by atoms with Crippen molar-refractivity contribution in [2.45, 2.75) is 102 Å². The van der Waals surface area contributed by atoms with Gasteiger partial charge in [0, 0.05) is 77.1 Å². The van der Waals surface area contributed by atoms with Gasteiger partial charge in [0.25, 0.3) is 11.5 Å². The molecule has 21 heteroatoms. The normalized spacial score (nSPS) is 22.1. The fraction of sp³-hybridized carbons (Fsp3) is 0.386. The van der Waals surface area contributed by atoms with Crippen LogP contribution in [0, 0.1) is 23.0 Å². The number of carbonyl (C=O) groups is 2. The van der Waals surface area contributed by atoms with Crippen molar-refractivity contribution in [1.29, 1.82) is 5.26 Å². The number of benzene rings is 3. The van der Waals surface area contributed by atoms with Gasteiger partial charge in [0.15, 0.2) is 11.4 Å². The van der Waals surface area contributed by atoms with Crippen LogP contribution in [0.4, 0.5) is 24.0 Å². The molecule has 9 heterocycles. The average molecular weight is 1100 g/mol. The molecule has 0 radical (unpaired) electrons. The second-order valence-electron chi connectivity index (χ2n) is 21.0. The number of hydrogen-bond acceptors (Lipinski definition) is 15. The number of thiophene rings is 1. The van der Waals surface area contributed by atoms with Crippen LogP contribution >= 0.6 is 22.9 Å². The number of alkyl halides is 1. The van der Waals surface area contributed by atoms with E-state index in [9.17, 15) is 29.1 Å².